The zero-order chi connectivity index (χ0) is 22.2. The molecule has 0 fully saturated rings. The highest BCUT2D eigenvalue weighted by molar-refractivity contribution is 7.89. The van der Waals surface area contributed by atoms with Crippen molar-refractivity contribution in [1.29, 1.82) is 0 Å². The quantitative estimate of drug-likeness (QED) is 0.329. The zero-order valence-electron chi connectivity index (χ0n) is 17.5. The van der Waals surface area contributed by atoms with Crippen LogP contribution >= 0.6 is 0 Å². The van der Waals surface area contributed by atoms with Gasteiger partial charge in [0.25, 0.3) is 5.69 Å². The normalized spacial score (nSPS) is 12.1. The number of carbonyl (C=O) groups is 1. The van der Waals surface area contributed by atoms with Gasteiger partial charge in [-0.1, -0.05) is 13.8 Å². The predicted molar refractivity (Wildman–Crippen MR) is 112 cm³/mol. The molecule has 29 heavy (non-hydrogen) atoms. The predicted octanol–water partition coefficient (Wildman–Crippen LogP) is 2.67. The number of rotatable bonds is 11. The van der Waals surface area contributed by atoms with Gasteiger partial charge in [0.05, 0.1) is 16.2 Å². The van der Waals surface area contributed by atoms with Crippen LogP contribution in [-0.2, 0) is 14.8 Å². The molecule has 0 aliphatic rings. The summed E-state index contributed by atoms with van der Waals surface area (Å²) in [4.78, 5) is 24.4. The maximum absolute atomic E-state index is 12.6. The second kappa shape index (κ2) is 10.9. The monoisotopic (exact) mass is 427 g/mol. The molecular formula is C18H29N5O5S. The van der Waals surface area contributed by atoms with Gasteiger partial charge in [-0.15, -0.1) is 0 Å². The molecule has 0 spiro atoms. The summed E-state index contributed by atoms with van der Waals surface area (Å²) in [5.41, 5.74) is 2.66. The van der Waals surface area contributed by atoms with Crippen molar-refractivity contribution in [1.82, 2.24) is 9.21 Å². The Morgan fingerprint density at radius 3 is 2.21 bits per heavy atom. The van der Waals surface area contributed by atoms with Crippen LogP contribution in [-0.4, -0.2) is 60.3 Å². The van der Waals surface area contributed by atoms with Gasteiger partial charge in [0.2, 0.25) is 15.9 Å². The first-order chi connectivity index (χ1) is 13.6. The van der Waals surface area contributed by atoms with Crippen LogP contribution in [0.2, 0.25) is 0 Å². The SMILES string of the molecule is CCN(CC)C(=O)C/C(C)=N\Nc1ccc(S(=O)(=O)N(CC)CC)cc1[N+](=O)[O-]. The average molecular weight is 428 g/mol. The van der Waals surface area contributed by atoms with Gasteiger partial charge in [0, 0.05) is 38.0 Å². The number of sulfonamides is 1. The molecule has 162 valence electrons. The summed E-state index contributed by atoms with van der Waals surface area (Å²) in [6, 6.07) is 3.62. The molecule has 0 aromatic heterocycles. The number of hydrogen-bond donors (Lipinski definition) is 1. The van der Waals surface area contributed by atoms with Crippen LogP contribution in [0.4, 0.5) is 11.4 Å². The van der Waals surface area contributed by atoms with Crippen molar-refractivity contribution >= 4 is 33.0 Å². The van der Waals surface area contributed by atoms with E-state index in [4.69, 9.17) is 0 Å². The summed E-state index contributed by atoms with van der Waals surface area (Å²) in [6.07, 6.45) is 0.0803. The maximum atomic E-state index is 12.6. The van der Waals surface area contributed by atoms with E-state index >= 15 is 0 Å². The Morgan fingerprint density at radius 2 is 1.72 bits per heavy atom. The van der Waals surface area contributed by atoms with E-state index in [9.17, 15) is 23.3 Å². The Hall–Kier alpha value is -2.53. The Balaban J connectivity index is 3.12. The molecule has 1 rings (SSSR count). The average Bonchev–Trinajstić information content (AvgIpc) is 2.67. The fourth-order valence-electron chi connectivity index (χ4n) is 2.73. The zero-order valence-corrected chi connectivity index (χ0v) is 18.3. The molecule has 1 aromatic carbocycles. The van der Waals surface area contributed by atoms with Gasteiger partial charge in [0.1, 0.15) is 5.69 Å². The lowest BCUT2D eigenvalue weighted by Gasteiger charge is -2.18. The lowest BCUT2D eigenvalue weighted by atomic mass is 10.2. The largest absolute Gasteiger partial charge is 0.343 e. The Morgan fingerprint density at radius 1 is 1.14 bits per heavy atom. The molecule has 0 unspecified atom stereocenters. The molecule has 11 heteroatoms. The smallest absolute Gasteiger partial charge is 0.295 e. The molecular weight excluding hydrogens is 398 g/mol. The molecule has 1 aromatic rings. The summed E-state index contributed by atoms with van der Waals surface area (Å²) in [5, 5.41) is 15.5. The third kappa shape index (κ3) is 6.23. The third-order valence-corrected chi connectivity index (χ3v) is 6.45. The summed E-state index contributed by atoms with van der Waals surface area (Å²) in [7, 11) is -3.82. The number of anilines is 1. The van der Waals surface area contributed by atoms with E-state index in [1.807, 2.05) is 13.8 Å². The van der Waals surface area contributed by atoms with Crippen molar-refractivity contribution in [2.24, 2.45) is 5.10 Å². The number of hydrazone groups is 1. The number of hydrogen-bond acceptors (Lipinski definition) is 7. The van der Waals surface area contributed by atoms with E-state index < -0.39 is 20.6 Å². The van der Waals surface area contributed by atoms with Crippen LogP contribution in [0.3, 0.4) is 0 Å². The molecule has 0 heterocycles. The van der Waals surface area contributed by atoms with Gasteiger partial charge >= 0.3 is 0 Å². The number of benzene rings is 1. The van der Waals surface area contributed by atoms with Crippen LogP contribution < -0.4 is 5.43 Å². The first-order valence-electron chi connectivity index (χ1n) is 9.47. The van der Waals surface area contributed by atoms with Gasteiger partial charge in [-0.25, -0.2) is 8.42 Å². The summed E-state index contributed by atoms with van der Waals surface area (Å²) in [5.74, 6) is -0.0896. The van der Waals surface area contributed by atoms with Crippen LogP contribution in [0, 0.1) is 10.1 Å². The highest BCUT2D eigenvalue weighted by Gasteiger charge is 2.25. The second-order valence-corrected chi connectivity index (χ2v) is 8.17. The van der Waals surface area contributed by atoms with Gasteiger partial charge in [0.15, 0.2) is 0 Å². The van der Waals surface area contributed by atoms with Gasteiger partial charge in [-0.2, -0.15) is 9.41 Å². The number of carbonyl (C=O) groups excluding carboxylic acids is 1. The molecule has 0 saturated heterocycles. The second-order valence-electron chi connectivity index (χ2n) is 6.23. The molecule has 1 amide bonds. The van der Waals surface area contributed by atoms with Crippen LogP contribution in [0.1, 0.15) is 41.0 Å². The van der Waals surface area contributed by atoms with E-state index in [1.54, 1.807) is 25.7 Å². The van der Waals surface area contributed by atoms with E-state index in [0.717, 1.165) is 6.07 Å². The van der Waals surface area contributed by atoms with Crippen LogP contribution in [0.15, 0.2) is 28.2 Å². The maximum Gasteiger partial charge on any atom is 0.295 e. The highest BCUT2D eigenvalue weighted by Crippen LogP contribution is 2.29. The van der Waals surface area contributed by atoms with Crippen molar-refractivity contribution in [2.75, 3.05) is 31.6 Å². The van der Waals surface area contributed by atoms with Crippen molar-refractivity contribution in [3.8, 4) is 0 Å². The Bertz CT molecular complexity index is 861. The van der Waals surface area contributed by atoms with E-state index in [0.29, 0.717) is 18.8 Å². The topological polar surface area (TPSA) is 125 Å². The summed E-state index contributed by atoms with van der Waals surface area (Å²) in [6.45, 7) is 10.5. The molecule has 1 N–H and O–H groups in total. The van der Waals surface area contributed by atoms with Crippen molar-refractivity contribution in [3.05, 3.63) is 28.3 Å². The lowest BCUT2D eigenvalue weighted by Crippen LogP contribution is -2.31. The van der Waals surface area contributed by atoms with E-state index in [-0.39, 0.29) is 36.0 Å². The number of amides is 1. The number of nitrogens with one attached hydrogen (secondary N) is 1. The minimum absolute atomic E-state index is 0.0446. The molecule has 0 atom stereocenters. The van der Waals surface area contributed by atoms with Gasteiger partial charge in [-0.05, 0) is 32.9 Å². The van der Waals surface area contributed by atoms with Crippen molar-refractivity contribution < 1.29 is 18.1 Å². The van der Waals surface area contributed by atoms with Crippen LogP contribution in [0.25, 0.3) is 0 Å². The number of nitro benzene ring substituents is 1. The first-order valence-corrected chi connectivity index (χ1v) is 10.9. The summed E-state index contributed by atoms with van der Waals surface area (Å²) < 4.78 is 26.4. The molecule has 0 saturated carbocycles. The minimum Gasteiger partial charge on any atom is -0.343 e. The molecule has 0 aliphatic carbocycles. The van der Waals surface area contributed by atoms with Crippen molar-refractivity contribution in [3.63, 3.8) is 0 Å². The summed E-state index contributed by atoms with van der Waals surface area (Å²) >= 11 is 0. The van der Waals surface area contributed by atoms with Gasteiger partial charge in [-0.3, -0.25) is 20.3 Å². The standard InChI is InChI=1S/C18H29N5O5S/c1-6-21(7-2)18(24)12-14(5)19-20-16-11-10-15(13-17(16)23(25)26)29(27,28)22(8-3)9-4/h10-11,13,20H,6-9,12H2,1-5H3/b19-14-. The Kier molecular flexibility index (Phi) is 9.18. The Labute approximate surface area is 171 Å². The van der Waals surface area contributed by atoms with E-state index in [2.05, 4.69) is 10.5 Å². The minimum atomic E-state index is -3.82. The molecule has 0 bridgehead atoms. The molecule has 0 aliphatic heterocycles. The van der Waals surface area contributed by atoms with Crippen molar-refractivity contribution in [2.45, 2.75) is 45.9 Å². The van der Waals surface area contributed by atoms with E-state index in [1.165, 1.54) is 16.4 Å². The number of nitro groups is 1. The fourth-order valence-corrected chi connectivity index (χ4v) is 4.21. The fraction of sp³-hybridized carbons (Fsp3) is 0.556. The molecule has 0 radical (unpaired) electrons. The van der Waals surface area contributed by atoms with Crippen LogP contribution in [0.5, 0.6) is 0 Å². The number of nitrogens with zero attached hydrogens (tertiary/aromatic N) is 4. The third-order valence-electron chi connectivity index (χ3n) is 4.40. The first kappa shape index (κ1) is 24.5. The van der Waals surface area contributed by atoms with Gasteiger partial charge < -0.3 is 4.90 Å². The molecule has 10 nitrogen and oxygen atoms in total. The highest BCUT2D eigenvalue weighted by atomic mass is 32.2. The lowest BCUT2D eigenvalue weighted by molar-refractivity contribution is -0.384.